The van der Waals surface area contributed by atoms with E-state index in [2.05, 4.69) is 20.9 Å². The number of carbonyl (C=O) groups is 1. The normalized spacial score (nSPS) is 10.8. The van der Waals surface area contributed by atoms with Crippen molar-refractivity contribution in [1.82, 2.24) is 4.98 Å². The third kappa shape index (κ3) is 3.12. The van der Waals surface area contributed by atoms with E-state index in [0.29, 0.717) is 5.69 Å². The van der Waals surface area contributed by atoms with Gasteiger partial charge in [-0.1, -0.05) is 27.5 Å². The third-order valence-electron chi connectivity index (χ3n) is 1.88. The van der Waals surface area contributed by atoms with Crippen molar-refractivity contribution in [2.75, 3.05) is 0 Å². The van der Waals surface area contributed by atoms with Gasteiger partial charge in [-0.2, -0.15) is 0 Å². The van der Waals surface area contributed by atoms with Gasteiger partial charge in [0, 0.05) is 5.33 Å². The van der Waals surface area contributed by atoms with Gasteiger partial charge < -0.3 is 5.11 Å². The number of carboxylic acid groups (broad SMARTS) is 1. The van der Waals surface area contributed by atoms with Gasteiger partial charge in [0.25, 0.3) is 6.43 Å². The van der Waals surface area contributed by atoms with Crippen LogP contribution in [0.15, 0.2) is 6.07 Å². The molecule has 88 valence electrons. The fourth-order valence-electron chi connectivity index (χ4n) is 1.17. The molecule has 1 heterocycles. The molecule has 1 aromatic heterocycles. The minimum absolute atomic E-state index is 0.240. The Bertz CT molecular complexity index is 415. The van der Waals surface area contributed by atoms with Crippen molar-refractivity contribution in [3.05, 3.63) is 28.0 Å². The van der Waals surface area contributed by atoms with E-state index in [0.717, 1.165) is 6.07 Å². The van der Waals surface area contributed by atoms with Gasteiger partial charge in [-0.15, -0.1) is 0 Å². The first-order valence-electron chi connectivity index (χ1n) is 4.19. The summed E-state index contributed by atoms with van der Waals surface area (Å²) in [6, 6.07) is 1.09. The van der Waals surface area contributed by atoms with Crippen LogP contribution >= 0.6 is 27.5 Å². The van der Waals surface area contributed by atoms with Crippen LogP contribution in [0.3, 0.4) is 0 Å². The van der Waals surface area contributed by atoms with Crippen molar-refractivity contribution in [3.63, 3.8) is 0 Å². The predicted octanol–water partition coefficient (Wildman–Crippen LogP) is 3.19. The Balaban J connectivity index is 3.22. The van der Waals surface area contributed by atoms with Gasteiger partial charge in [0.15, 0.2) is 0 Å². The number of carboxylic acids is 1. The summed E-state index contributed by atoms with van der Waals surface area (Å²) < 4.78 is 25.0. The second kappa shape index (κ2) is 5.54. The predicted molar refractivity (Wildman–Crippen MR) is 58.2 cm³/mol. The highest BCUT2D eigenvalue weighted by Crippen LogP contribution is 2.28. The van der Waals surface area contributed by atoms with E-state index in [9.17, 15) is 13.6 Å². The van der Waals surface area contributed by atoms with Crippen LogP contribution < -0.4 is 0 Å². The Labute approximate surface area is 104 Å². The molecule has 7 heteroatoms. The Morgan fingerprint density at radius 1 is 1.62 bits per heavy atom. The number of halogens is 4. The number of aliphatic carboxylic acids is 1. The fraction of sp³-hybridized carbons (Fsp3) is 0.333. The summed E-state index contributed by atoms with van der Waals surface area (Å²) in [5.41, 5.74) is 0.156. The highest BCUT2D eigenvalue weighted by molar-refractivity contribution is 9.08. The summed E-state index contributed by atoms with van der Waals surface area (Å²) in [7, 11) is 0. The van der Waals surface area contributed by atoms with E-state index in [1.807, 2.05) is 0 Å². The van der Waals surface area contributed by atoms with Crippen LogP contribution in [0.25, 0.3) is 0 Å². The van der Waals surface area contributed by atoms with Crippen molar-refractivity contribution in [1.29, 1.82) is 0 Å². The maximum Gasteiger partial charge on any atom is 0.307 e. The summed E-state index contributed by atoms with van der Waals surface area (Å²) in [5, 5.41) is 8.59. The molecule has 16 heavy (non-hydrogen) atoms. The number of hydrogen-bond donors (Lipinski definition) is 1. The van der Waals surface area contributed by atoms with Crippen LogP contribution in [-0.2, 0) is 16.5 Å². The average Bonchev–Trinajstić information content (AvgIpc) is 2.18. The van der Waals surface area contributed by atoms with E-state index in [-0.39, 0.29) is 22.5 Å². The monoisotopic (exact) mass is 313 g/mol. The summed E-state index contributed by atoms with van der Waals surface area (Å²) >= 11 is 8.64. The minimum atomic E-state index is -2.77. The van der Waals surface area contributed by atoms with E-state index in [1.165, 1.54) is 0 Å². The number of hydrogen-bond acceptors (Lipinski definition) is 2. The zero-order chi connectivity index (χ0) is 12.3. The topological polar surface area (TPSA) is 50.2 Å². The van der Waals surface area contributed by atoms with Crippen molar-refractivity contribution in [2.45, 2.75) is 18.2 Å². The number of aromatic nitrogens is 1. The number of alkyl halides is 3. The van der Waals surface area contributed by atoms with Gasteiger partial charge >= 0.3 is 5.97 Å². The lowest BCUT2D eigenvalue weighted by atomic mass is 10.1. The van der Waals surface area contributed by atoms with E-state index >= 15 is 0 Å². The Kier molecular flexibility index (Phi) is 4.61. The zero-order valence-corrected chi connectivity index (χ0v) is 10.2. The Morgan fingerprint density at radius 3 is 2.69 bits per heavy atom. The lowest BCUT2D eigenvalue weighted by Crippen LogP contribution is -2.06. The first-order valence-corrected chi connectivity index (χ1v) is 5.69. The summed E-state index contributed by atoms with van der Waals surface area (Å²) in [5.74, 6) is -1.11. The average molecular weight is 315 g/mol. The zero-order valence-electron chi connectivity index (χ0n) is 7.88. The molecule has 1 aromatic rings. The van der Waals surface area contributed by atoms with Crippen molar-refractivity contribution < 1.29 is 18.7 Å². The van der Waals surface area contributed by atoms with Gasteiger partial charge in [-0.05, 0) is 11.6 Å². The molecule has 0 radical (unpaired) electrons. The number of rotatable bonds is 4. The maximum atomic E-state index is 12.5. The molecule has 0 amide bonds. The standard InChI is InChI=1S/C9H7BrClF2NO2/c10-3-6-4(2-7(15)16)1-5(9(12)13)8(11)14-6/h1,9H,2-3H2,(H,15,16). The molecule has 0 aliphatic rings. The van der Waals surface area contributed by atoms with Gasteiger partial charge in [-0.3, -0.25) is 4.79 Å². The van der Waals surface area contributed by atoms with Crippen molar-refractivity contribution in [3.8, 4) is 0 Å². The second-order valence-electron chi connectivity index (χ2n) is 2.98. The molecule has 0 atom stereocenters. The van der Waals surface area contributed by atoms with Gasteiger partial charge in [0.2, 0.25) is 0 Å². The lowest BCUT2D eigenvalue weighted by molar-refractivity contribution is -0.136. The van der Waals surface area contributed by atoms with Crippen LogP contribution in [0.2, 0.25) is 5.15 Å². The molecular weight excluding hydrogens is 307 g/mol. The smallest absolute Gasteiger partial charge is 0.307 e. The largest absolute Gasteiger partial charge is 0.481 e. The first-order chi connectivity index (χ1) is 7.45. The van der Waals surface area contributed by atoms with Crippen molar-refractivity contribution in [2.24, 2.45) is 0 Å². The first kappa shape index (κ1) is 13.3. The quantitative estimate of drug-likeness (QED) is 0.686. The van der Waals surface area contributed by atoms with Crippen LogP contribution in [0.1, 0.15) is 23.2 Å². The molecule has 0 bridgehead atoms. The van der Waals surface area contributed by atoms with E-state index < -0.39 is 18.0 Å². The van der Waals surface area contributed by atoms with Gasteiger partial charge in [0.05, 0.1) is 17.7 Å². The highest BCUT2D eigenvalue weighted by atomic mass is 79.9. The molecular formula is C9H7BrClF2NO2. The molecule has 1 N–H and O–H groups in total. The maximum absolute atomic E-state index is 12.5. The SMILES string of the molecule is O=C(O)Cc1cc(C(F)F)c(Cl)nc1CBr. The van der Waals surface area contributed by atoms with E-state index in [4.69, 9.17) is 16.7 Å². The summed E-state index contributed by atoms with van der Waals surface area (Å²) in [4.78, 5) is 14.3. The Hall–Kier alpha value is -0.750. The molecule has 0 spiro atoms. The number of pyridine rings is 1. The third-order valence-corrected chi connectivity index (χ3v) is 2.71. The molecule has 0 aliphatic heterocycles. The van der Waals surface area contributed by atoms with Crippen LogP contribution in [0.4, 0.5) is 8.78 Å². The summed E-state index contributed by atoms with van der Waals surface area (Å²) in [6.45, 7) is 0. The second-order valence-corrected chi connectivity index (χ2v) is 3.90. The van der Waals surface area contributed by atoms with E-state index in [1.54, 1.807) is 0 Å². The molecule has 0 unspecified atom stereocenters. The van der Waals surface area contributed by atoms with Crippen molar-refractivity contribution >= 4 is 33.5 Å². The lowest BCUT2D eigenvalue weighted by Gasteiger charge is -2.09. The molecule has 0 aliphatic carbocycles. The molecule has 0 saturated carbocycles. The minimum Gasteiger partial charge on any atom is -0.481 e. The molecule has 3 nitrogen and oxygen atoms in total. The number of nitrogens with zero attached hydrogens (tertiary/aromatic N) is 1. The van der Waals surface area contributed by atoms with Gasteiger partial charge in [0.1, 0.15) is 5.15 Å². The summed E-state index contributed by atoms with van der Waals surface area (Å²) in [6.07, 6.45) is -3.12. The fourth-order valence-corrected chi connectivity index (χ4v) is 1.89. The van der Waals surface area contributed by atoms with Crippen LogP contribution in [0.5, 0.6) is 0 Å². The Morgan fingerprint density at radius 2 is 2.25 bits per heavy atom. The van der Waals surface area contributed by atoms with Crippen LogP contribution in [-0.4, -0.2) is 16.1 Å². The molecule has 0 aromatic carbocycles. The van der Waals surface area contributed by atoms with Gasteiger partial charge in [-0.25, -0.2) is 13.8 Å². The van der Waals surface area contributed by atoms with Crippen LogP contribution in [0, 0.1) is 0 Å². The molecule has 0 saturated heterocycles. The highest BCUT2D eigenvalue weighted by Gasteiger charge is 2.18. The molecule has 0 fully saturated rings. The molecule has 1 rings (SSSR count).